The normalized spacial score (nSPS) is 16.6. The second kappa shape index (κ2) is 5.32. The van der Waals surface area contributed by atoms with E-state index in [1.54, 1.807) is 0 Å². The van der Waals surface area contributed by atoms with E-state index < -0.39 is 0 Å². The Morgan fingerprint density at radius 3 is 2.59 bits per heavy atom. The lowest BCUT2D eigenvalue weighted by molar-refractivity contribution is -0.132. The van der Waals surface area contributed by atoms with E-state index in [4.69, 9.17) is 5.73 Å². The number of amides is 1. The molecule has 1 unspecified atom stereocenters. The van der Waals surface area contributed by atoms with Crippen LogP contribution >= 0.6 is 0 Å². The summed E-state index contributed by atoms with van der Waals surface area (Å²) in [6, 6.07) is 10.4. The van der Waals surface area contributed by atoms with Crippen LogP contribution in [0.1, 0.15) is 25.3 Å². The molecule has 1 aromatic carbocycles. The summed E-state index contributed by atoms with van der Waals surface area (Å²) in [4.78, 5) is 13.8. The summed E-state index contributed by atoms with van der Waals surface area (Å²) in [5.41, 5.74) is 6.66. The minimum Gasteiger partial charge on any atom is -0.334 e. The quantitative estimate of drug-likeness (QED) is 0.841. The van der Waals surface area contributed by atoms with Gasteiger partial charge >= 0.3 is 0 Å². The van der Waals surface area contributed by atoms with Crippen LogP contribution in [0.4, 0.5) is 0 Å². The Labute approximate surface area is 103 Å². The first-order valence-corrected chi connectivity index (χ1v) is 6.26. The number of carbonyl (C=O) groups is 1. The van der Waals surface area contributed by atoms with Crippen LogP contribution in [0, 0.1) is 5.92 Å². The standard InChI is InChI=1S/C14H20N2O/c1-11(13-7-8-13)16(14(17)9-15)10-12-5-3-2-4-6-12/h2-6,11,13H,7-10,15H2,1H3. The first kappa shape index (κ1) is 12.1. The van der Waals surface area contributed by atoms with E-state index in [2.05, 4.69) is 19.1 Å². The van der Waals surface area contributed by atoms with Gasteiger partial charge in [0.15, 0.2) is 0 Å². The summed E-state index contributed by atoms with van der Waals surface area (Å²) in [6.45, 7) is 2.91. The third kappa shape index (κ3) is 3.07. The van der Waals surface area contributed by atoms with Gasteiger partial charge in [-0.05, 0) is 31.2 Å². The number of carbonyl (C=O) groups excluding carboxylic acids is 1. The molecular formula is C14H20N2O. The third-order valence-electron chi connectivity index (χ3n) is 3.49. The lowest BCUT2D eigenvalue weighted by atomic mass is 10.1. The maximum atomic E-state index is 11.9. The van der Waals surface area contributed by atoms with Crippen molar-refractivity contribution in [3.8, 4) is 0 Å². The minimum absolute atomic E-state index is 0.0493. The van der Waals surface area contributed by atoms with Crippen LogP contribution in [0.5, 0.6) is 0 Å². The van der Waals surface area contributed by atoms with Gasteiger partial charge in [-0.1, -0.05) is 30.3 Å². The minimum atomic E-state index is 0.0493. The molecule has 3 heteroatoms. The van der Waals surface area contributed by atoms with E-state index in [0.717, 1.165) is 0 Å². The van der Waals surface area contributed by atoms with Crippen LogP contribution in [0.2, 0.25) is 0 Å². The SMILES string of the molecule is CC(C1CC1)N(Cc1ccccc1)C(=O)CN. The zero-order chi connectivity index (χ0) is 12.3. The predicted octanol–water partition coefficient (Wildman–Crippen LogP) is 1.77. The van der Waals surface area contributed by atoms with E-state index >= 15 is 0 Å². The number of hydrogen-bond donors (Lipinski definition) is 1. The van der Waals surface area contributed by atoms with Gasteiger partial charge in [0.05, 0.1) is 6.54 Å². The van der Waals surface area contributed by atoms with Crippen molar-refractivity contribution in [1.29, 1.82) is 0 Å². The van der Waals surface area contributed by atoms with Crippen LogP contribution in [0.3, 0.4) is 0 Å². The average molecular weight is 232 g/mol. The van der Waals surface area contributed by atoms with E-state index in [9.17, 15) is 4.79 Å². The molecule has 1 atom stereocenters. The third-order valence-corrected chi connectivity index (χ3v) is 3.49. The average Bonchev–Trinajstić information content (AvgIpc) is 3.20. The molecule has 1 aliphatic carbocycles. The first-order chi connectivity index (χ1) is 8.22. The van der Waals surface area contributed by atoms with Gasteiger partial charge < -0.3 is 10.6 Å². The van der Waals surface area contributed by atoms with Crippen LogP contribution in [0.15, 0.2) is 30.3 Å². The summed E-state index contributed by atoms with van der Waals surface area (Å²) in [6.07, 6.45) is 2.48. The van der Waals surface area contributed by atoms with Crippen LogP contribution in [-0.4, -0.2) is 23.4 Å². The fraction of sp³-hybridized carbons (Fsp3) is 0.500. The number of rotatable bonds is 5. The molecule has 0 aliphatic heterocycles. The van der Waals surface area contributed by atoms with Crippen molar-refractivity contribution in [2.75, 3.05) is 6.54 Å². The molecule has 0 radical (unpaired) electrons. The van der Waals surface area contributed by atoms with Crippen molar-refractivity contribution in [3.63, 3.8) is 0 Å². The highest BCUT2D eigenvalue weighted by Crippen LogP contribution is 2.35. The molecule has 92 valence electrons. The maximum absolute atomic E-state index is 11.9. The number of nitrogens with two attached hydrogens (primary N) is 1. The molecule has 0 heterocycles. The molecule has 0 saturated heterocycles. The number of hydrogen-bond acceptors (Lipinski definition) is 2. The predicted molar refractivity (Wildman–Crippen MR) is 68.2 cm³/mol. The van der Waals surface area contributed by atoms with Crippen molar-refractivity contribution in [3.05, 3.63) is 35.9 Å². The highest BCUT2D eigenvalue weighted by atomic mass is 16.2. The Morgan fingerprint density at radius 1 is 1.41 bits per heavy atom. The smallest absolute Gasteiger partial charge is 0.236 e. The molecular weight excluding hydrogens is 212 g/mol. The fourth-order valence-corrected chi connectivity index (χ4v) is 2.19. The van der Waals surface area contributed by atoms with Gasteiger partial charge in [0.2, 0.25) is 5.91 Å². The van der Waals surface area contributed by atoms with Gasteiger partial charge in [-0.15, -0.1) is 0 Å². The van der Waals surface area contributed by atoms with Gasteiger partial charge in [-0.25, -0.2) is 0 Å². The summed E-state index contributed by atoms with van der Waals surface area (Å²) in [5.74, 6) is 0.725. The van der Waals surface area contributed by atoms with E-state index in [0.29, 0.717) is 18.5 Å². The Bertz CT molecular complexity index is 373. The van der Waals surface area contributed by atoms with Crippen molar-refractivity contribution >= 4 is 5.91 Å². The Balaban J connectivity index is 2.07. The van der Waals surface area contributed by atoms with Crippen molar-refractivity contribution < 1.29 is 4.79 Å². The molecule has 1 saturated carbocycles. The van der Waals surface area contributed by atoms with E-state index in [1.807, 2.05) is 23.1 Å². The van der Waals surface area contributed by atoms with E-state index in [-0.39, 0.29) is 12.5 Å². The number of benzene rings is 1. The highest BCUT2D eigenvalue weighted by Gasteiger charge is 2.33. The zero-order valence-corrected chi connectivity index (χ0v) is 10.3. The summed E-state index contributed by atoms with van der Waals surface area (Å²) in [5, 5.41) is 0. The molecule has 1 aromatic rings. The summed E-state index contributed by atoms with van der Waals surface area (Å²) in [7, 11) is 0. The lowest BCUT2D eigenvalue weighted by Gasteiger charge is -2.29. The second-order valence-electron chi connectivity index (χ2n) is 4.79. The van der Waals surface area contributed by atoms with Crippen LogP contribution in [0.25, 0.3) is 0 Å². The van der Waals surface area contributed by atoms with Gasteiger partial charge in [0.25, 0.3) is 0 Å². The molecule has 0 aromatic heterocycles. The van der Waals surface area contributed by atoms with Gasteiger partial charge in [0.1, 0.15) is 0 Å². The van der Waals surface area contributed by atoms with Gasteiger partial charge in [-0.2, -0.15) is 0 Å². The molecule has 1 fully saturated rings. The molecule has 2 rings (SSSR count). The fourth-order valence-electron chi connectivity index (χ4n) is 2.19. The molecule has 17 heavy (non-hydrogen) atoms. The first-order valence-electron chi connectivity index (χ1n) is 6.26. The van der Waals surface area contributed by atoms with Gasteiger partial charge in [-0.3, -0.25) is 4.79 Å². The number of nitrogens with zero attached hydrogens (tertiary/aromatic N) is 1. The summed E-state index contributed by atoms with van der Waals surface area (Å²) >= 11 is 0. The highest BCUT2D eigenvalue weighted by molar-refractivity contribution is 5.78. The zero-order valence-electron chi connectivity index (χ0n) is 10.3. The molecule has 1 amide bonds. The monoisotopic (exact) mass is 232 g/mol. The van der Waals surface area contributed by atoms with E-state index in [1.165, 1.54) is 18.4 Å². The van der Waals surface area contributed by atoms with Crippen molar-refractivity contribution in [1.82, 2.24) is 4.90 Å². The molecule has 0 bridgehead atoms. The molecule has 3 nitrogen and oxygen atoms in total. The van der Waals surface area contributed by atoms with Crippen LogP contribution < -0.4 is 5.73 Å². The topological polar surface area (TPSA) is 46.3 Å². The molecule has 0 spiro atoms. The van der Waals surface area contributed by atoms with Crippen LogP contribution in [-0.2, 0) is 11.3 Å². The Hall–Kier alpha value is -1.35. The maximum Gasteiger partial charge on any atom is 0.236 e. The van der Waals surface area contributed by atoms with Crippen molar-refractivity contribution in [2.24, 2.45) is 11.7 Å². The Morgan fingerprint density at radius 2 is 2.06 bits per heavy atom. The second-order valence-corrected chi connectivity index (χ2v) is 4.79. The molecule has 1 aliphatic rings. The lowest BCUT2D eigenvalue weighted by Crippen LogP contribution is -2.42. The molecule has 2 N–H and O–H groups in total. The summed E-state index contributed by atoms with van der Waals surface area (Å²) < 4.78 is 0. The Kier molecular flexibility index (Phi) is 3.79. The van der Waals surface area contributed by atoms with Gasteiger partial charge in [0, 0.05) is 12.6 Å². The van der Waals surface area contributed by atoms with Crippen molar-refractivity contribution in [2.45, 2.75) is 32.4 Å². The largest absolute Gasteiger partial charge is 0.334 e.